The van der Waals surface area contributed by atoms with Gasteiger partial charge in [0.1, 0.15) is 5.82 Å². The predicted molar refractivity (Wildman–Crippen MR) is 53.0 cm³/mol. The predicted octanol–water partition coefficient (Wildman–Crippen LogP) is 2.51. The lowest BCUT2D eigenvalue weighted by molar-refractivity contribution is -0.137. The first-order valence-corrected chi connectivity index (χ1v) is 5.16. The molecule has 0 saturated carbocycles. The zero-order valence-electron chi connectivity index (χ0n) is 8.85. The Bertz CT molecular complexity index is 399. The van der Waals surface area contributed by atoms with E-state index in [1.807, 2.05) is 0 Å². The lowest BCUT2D eigenvalue weighted by atomic mass is 10.0. The Morgan fingerprint density at radius 1 is 1.29 bits per heavy atom. The number of hydrogen-bond acceptors (Lipinski definition) is 2. The summed E-state index contributed by atoms with van der Waals surface area (Å²) in [6.07, 6.45) is -4.52. The van der Waals surface area contributed by atoms with Gasteiger partial charge in [0.25, 0.3) is 0 Å². The minimum Gasteiger partial charge on any atom is -0.378 e. The summed E-state index contributed by atoms with van der Waals surface area (Å²) in [5, 5.41) is 2.99. The van der Waals surface area contributed by atoms with E-state index in [-0.39, 0.29) is 18.2 Å². The summed E-state index contributed by atoms with van der Waals surface area (Å²) in [7, 11) is 0. The maximum absolute atomic E-state index is 13.6. The van der Waals surface area contributed by atoms with Crippen molar-refractivity contribution in [1.29, 1.82) is 0 Å². The van der Waals surface area contributed by atoms with E-state index in [1.54, 1.807) is 0 Å². The molecule has 1 aliphatic heterocycles. The molecule has 0 bridgehead atoms. The molecule has 0 aliphatic carbocycles. The van der Waals surface area contributed by atoms with Gasteiger partial charge in [-0.25, -0.2) is 4.39 Å². The lowest BCUT2D eigenvalue weighted by Gasteiger charge is -2.24. The minimum atomic E-state index is -4.52. The molecule has 1 saturated heterocycles. The molecule has 1 fully saturated rings. The molecule has 1 aromatic rings. The standard InChI is InChI=1S/C11H11F4NO/c12-9-5-7(11(13,14)15)1-2-8(9)10-6-17-4-3-16-10/h1-2,5,10,16H,3-4,6H2/t10-/m1/s1. The Morgan fingerprint density at radius 2 is 2.06 bits per heavy atom. The van der Waals surface area contributed by atoms with Crippen molar-refractivity contribution >= 4 is 0 Å². The Kier molecular flexibility index (Phi) is 3.35. The third-order valence-corrected chi connectivity index (χ3v) is 2.62. The fraction of sp³-hybridized carbons (Fsp3) is 0.455. The summed E-state index contributed by atoms with van der Waals surface area (Å²) in [5.41, 5.74) is -0.770. The Labute approximate surface area is 95.6 Å². The second kappa shape index (κ2) is 4.62. The largest absolute Gasteiger partial charge is 0.416 e. The molecule has 94 valence electrons. The van der Waals surface area contributed by atoms with E-state index in [4.69, 9.17) is 4.74 Å². The Balaban J connectivity index is 2.25. The van der Waals surface area contributed by atoms with Crippen LogP contribution < -0.4 is 5.32 Å². The van der Waals surface area contributed by atoms with Crippen molar-refractivity contribution in [3.63, 3.8) is 0 Å². The number of benzene rings is 1. The van der Waals surface area contributed by atoms with Crippen LogP contribution in [0.1, 0.15) is 17.2 Å². The van der Waals surface area contributed by atoms with Gasteiger partial charge in [-0.15, -0.1) is 0 Å². The molecule has 0 spiro atoms. The summed E-state index contributed by atoms with van der Waals surface area (Å²) >= 11 is 0. The number of alkyl halides is 3. The molecule has 1 atom stereocenters. The second-order valence-electron chi connectivity index (χ2n) is 3.82. The van der Waals surface area contributed by atoms with E-state index < -0.39 is 17.6 Å². The molecular weight excluding hydrogens is 238 g/mol. The Morgan fingerprint density at radius 3 is 2.59 bits per heavy atom. The van der Waals surface area contributed by atoms with Crippen LogP contribution in [-0.2, 0) is 10.9 Å². The normalized spacial score (nSPS) is 21.5. The molecule has 1 heterocycles. The van der Waals surface area contributed by atoms with Gasteiger partial charge in [0.2, 0.25) is 0 Å². The van der Waals surface area contributed by atoms with Crippen LogP contribution in [0.15, 0.2) is 18.2 Å². The van der Waals surface area contributed by atoms with Crippen molar-refractivity contribution in [3.8, 4) is 0 Å². The molecule has 17 heavy (non-hydrogen) atoms. The third-order valence-electron chi connectivity index (χ3n) is 2.62. The quantitative estimate of drug-likeness (QED) is 0.772. The average Bonchev–Trinajstić information content (AvgIpc) is 2.29. The van der Waals surface area contributed by atoms with Gasteiger partial charge in [-0.1, -0.05) is 6.07 Å². The highest BCUT2D eigenvalue weighted by atomic mass is 19.4. The number of rotatable bonds is 1. The zero-order chi connectivity index (χ0) is 12.5. The second-order valence-corrected chi connectivity index (χ2v) is 3.82. The number of ether oxygens (including phenoxy) is 1. The Hall–Kier alpha value is -1.14. The van der Waals surface area contributed by atoms with Crippen molar-refractivity contribution in [1.82, 2.24) is 5.32 Å². The highest BCUT2D eigenvalue weighted by Gasteiger charge is 2.32. The third kappa shape index (κ3) is 2.76. The van der Waals surface area contributed by atoms with E-state index in [1.165, 1.54) is 0 Å². The van der Waals surface area contributed by atoms with Crippen LogP contribution in [0.3, 0.4) is 0 Å². The van der Waals surface area contributed by atoms with E-state index in [9.17, 15) is 17.6 Å². The lowest BCUT2D eigenvalue weighted by Crippen LogP contribution is -2.35. The minimum absolute atomic E-state index is 0.206. The summed E-state index contributed by atoms with van der Waals surface area (Å²) in [6, 6.07) is 2.18. The molecule has 0 aromatic heterocycles. The maximum atomic E-state index is 13.6. The molecule has 1 N–H and O–H groups in total. The fourth-order valence-electron chi connectivity index (χ4n) is 1.75. The van der Waals surface area contributed by atoms with Crippen molar-refractivity contribution in [2.75, 3.05) is 19.8 Å². The molecule has 2 rings (SSSR count). The van der Waals surface area contributed by atoms with Gasteiger partial charge in [0.05, 0.1) is 24.8 Å². The van der Waals surface area contributed by atoms with E-state index in [2.05, 4.69) is 5.32 Å². The summed E-state index contributed by atoms with van der Waals surface area (Å²) < 4.78 is 55.7. The topological polar surface area (TPSA) is 21.3 Å². The average molecular weight is 249 g/mol. The van der Waals surface area contributed by atoms with Crippen LogP contribution in [0.2, 0.25) is 0 Å². The molecule has 1 aliphatic rings. The molecule has 2 nitrogen and oxygen atoms in total. The molecule has 1 aromatic carbocycles. The zero-order valence-corrected chi connectivity index (χ0v) is 8.85. The van der Waals surface area contributed by atoms with Crippen LogP contribution in [0.4, 0.5) is 17.6 Å². The van der Waals surface area contributed by atoms with Crippen molar-refractivity contribution in [2.45, 2.75) is 12.2 Å². The van der Waals surface area contributed by atoms with Crippen LogP contribution in [-0.4, -0.2) is 19.8 Å². The van der Waals surface area contributed by atoms with Crippen molar-refractivity contribution in [2.24, 2.45) is 0 Å². The van der Waals surface area contributed by atoms with Crippen molar-refractivity contribution < 1.29 is 22.3 Å². The first kappa shape index (κ1) is 12.3. The van der Waals surface area contributed by atoms with Gasteiger partial charge in [0.15, 0.2) is 0 Å². The SMILES string of the molecule is Fc1cc(C(F)(F)F)ccc1[C@H]1COCCN1. The van der Waals surface area contributed by atoms with E-state index in [0.717, 1.165) is 12.1 Å². The summed E-state index contributed by atoms with van der Waals surface area (Å²) in [5.74, 6) is -0.858. The fourth-order valence-corrected chi connectivity index (χ4v) is 1.75. The number of hydrogen-bond donors (Lipinski definition) is 1. The monoisotopic (exact) mass is 249 g/mol. The molecule has 0 amide bonds. The first-order valence-electron chi connectivity index (χ1n) is 5.16. The summed E-state index contributed by atoms with van der Waals surface area (Å²) in [4.78, 5) is 0. The molecule has 0 radical (unpaired) electrons. The van der Waals surface area contributed by atoms with E-state index in [0.29, 0.717) is 19.2 Å². The van der Waals surface area contributed by atoms with Gasteiger partial charge in [-0.05, 0) is 12.1 Å². The van der Waals surface area contributed by atoms with E-state index >= 15 is 0 Å². The van der Waals surface area contributed by atoms with Crippen LogP contribution in [0, 0.1) is 5.82 Å². The highest BCUT2D eigenvalue weighted by molar-refractivity contribution is 5.28. The van der Waals surface area contributed by atoms with Crippen LogP contribution >= 0.6 is 0 Å². The molecule has 6 heteroatoms. The molecular formula is C11H11F4NO. The first-order chi connectivity index (χ1) is 7.98. The highest BCUT2D eigenvalue weighted by Crippen LogP contribution is 2.31. The van der Waals surface area contributed by atoms with Gasteiger partial charge in [0, 0.05) is 12.1 Å². The maximum Gasteiger partial charge on any atom is 0.416 e. The van der Waals surface area contributed by atoms with Crippen molar-refractivity contribution in [3.05, 3.63) is 35.1 Å². The van der Waals surface area contributed by atoms with Crippen LogP contribution in [0.5, 0.6) is 0 Å². The van der Waals surface area contributed by atoms with Crippen LogP contribution in [0.25, 0.3) is 0 Å². The van der Waals surface area contributed by atoms with Gasteiger partial charge < -0.3 is 10.1 Å². The number of morpholine rings is 1. The number of nitrogens with one attached hydrogen (secondary N) is 1. The van der Waals surface area contributed by atoms with Gasteiger partial charge in [-0.2, -0.15) is 13.2 Å². The summed E-state index contributed by atoms with van der Waals surface area (Å²) in [6.45, 7) is 1.35. The smallest absolute Gasteiger partial charge is 0.378 e. The van der Waals surface area contributed by atoms with Gasteiger partial charge in [-0.3, -0.25) is 0 Å². The number of halogens is 4. The van der Waals surface area contributed by atoms with Gasteiger partial charge >= 0.3 is 6.18 Å². The molecule has 0 unspecified atom stereocenters.